The number of benzene rings is 2. The van der Waals surface area contributed by atoms with Gasteiger partial charge in [0.25, 0.3) is 0 Å². The number of unbranched alkanes of at least 4 members (excludes halogenated alkanes) is 1. The van der Waals surface area contributed by atoms with Crippen LogP contribution in [0.25, 0.3) is 11.1 Å². The lowest BCUT2D eigenvalue weighted by Gasteiger charge is -2.22. The van der Waals surface area contributed by atoms with Crippen LogP contribution in [0.5, 0.6) is 5.75 Å². The van der Waals surface area contributed by atoms with E-state index in [4.69, 9.17) is 4.74 Å². The van der Waals surface area contributed by atoms with Crippen molar-refractivity contribution in [3.05, 3.63) is 53.3 Å². The molecule has 0 aliphatic carbocycles. The fourth-order valence-electron chi connectivity index (χ4n) is 2.97. The molecule has 2 aromatic carbocycles. The molecule has 0 aromatic heterocycles. The van der Waals surface area contributed by atoms with Gasteiger partial charge in [0.15, 0.2) is 0 Å². The van der Waals surface area contributed by atoms with Crippen LogP contribution in [0, 0.1) is 11.7 Å². The van der Waals surface area contributed by atoms with Crippen molar-refractivity contribution in [2.45, 2.75) is 52.9 Å². The number of methoxy groups -OCH3 is 1. The zero-order chi connectivity index (χ0) is 17.7. The Hall–Kier alpha value is -1.83. The van der Waals surface area contributed by atoms with Crippen LogP contribution in [0.2, 0.25) is 0 Å². The first-order valence-electron chi connectivity index (χ1n) is 8.94. The summed E-state index contributed by atoms with van der Waals surface area (Å²) in [5, 5.41) is 0. The molecule has 0 fully saturated rings. The molecule has 2 aromatic rings. The van der Waals surface area contributed by atoms with Crippen LogP contribution in [0.3, 0.4) is 0 Å². The van der Waals surface area contributed by atoms with Gasteiger partial charge in [-0.15, -0.1) is 0 Å². The molecule has 1 unspecified atom stereocenters. The summed E-state index contributed by atoms with van der Waals surface area (Å²) in [6.07, 6.45) is 3.44. The van der Waals surface area contributed by atoms with Crippen molar-refractivity contribution in [2.24, 2.45) is 5.92 Å². The minimum Gasteiger partial charge on any atom is -0.497 e. The first-order valence-corrected chi connectivity index (χ1v) is 8.94. The molecule has 24 heavy (non-hydrogen) atoms. The summed E-state index contributed by atoms with van der Waals surface area (Å²) < 4.78 is 19.8. The van der Waals surface area contributed by atoms with Crippen molar-refractivity contribution in [3.8, 4) is 16.9 Å². The van der Waals surface area contributed by atoms with Gasteiger partial charge in [0, 0.05) is 5.56 Å². The molecule has 130 valence electrons. The molecule has 0 saturated carbocycles. The summed E-state index contributed by atoms with van der Waals surface area (Å²) in [4.78, 5) is 0. The van der Waals surface area contributed by atoms with Crippen LogP contribution in [-0.2, 0) is 6.42 Å². The highest BCUT2D eigenvalue weighted by Gasteiger charge is 2.18. The molecule has 0 bridgehead atoms. The van der Waals surface area contributed by atoms with E-state index in [1.54, 1.807) is 19.2 Å². The average molecular weight is 328 g/mol. The third-order valence-corrected chi connectivity index (χ3v) is 4.89. The Bertz CT molecular complexity index is 676. The van der Waals surface area contributed by atoms with E-state index in [-0.39, 0.29) is 5.82 Å². The fourth-order valence-corrected chi connectivity index (χ4v) is 2.97. The molecule has 0 heterocycles. The van der Waals surface area contributed by atoms with E-state index in [0.29, 0.717) is 23.1 Å². The second kappa shape index (κ2) is 8.32. The van der Waals surface area contributed by atoms with Gasteiger partial charge in [0.1, 0.15) is 11.6 Å². The van der Waals surface area contributed by atoms with Crippen molar-refractivity contribution >= 4 is 0 Å². The van der Waals surface area contributed by atoms with Gasteiger partial charge in [-0.25, -0.2) is 4.39 Å². The molecule has 0 N–H and O–H groups in total. The molecular formula is C22H29FO. The van der Waals surface area contributed by atoms with E-state index in [1.165, 1.54) is 30.0 Å². The van der Waals surface area contributed by atoms with Gasteiger partial charge >= 0.3 is 0 Å². The second-order valence-electron chi connectivity index (χ2n) is 6.90. The average Bonchev–Trinajstić information content (AvgIpc) is 2.59. The summed E-state index contributed by atoms with van der Waals surface area (Å²) in [5.74, 6) is 1.35. The Morgan fingerprint density at radius 1 is 1.00 bits per heavy atom. The molecular weight excluding hydrogens is 299 g/mol. The Kier molecular flexibility index (Phi) is 6.42. The third kappa shape index (κ3) is 4.17. The third-order valence-electron chi connectivity index (χ3n) is 4.89. The normalized spacial score (nSPS) is 12.5. The highest BCUT2D eigenvalue weighted by Crippen LogP contribution is 2.36. The summed E-state index contributed by atoms with van der Waals surface area (Å²) in [7, 11) is 1.61. The quantitative estimate of drug-likeness (QED) is 0.556. The minimum absolute atomic E-state index is 0.200. The molecule has 0 radical (unpaired) electrons. The number of ether oxygens (including phenoxy) is 1. The number of aryl methyl sites for hydroxylation is 1. The van der Waals surface area contributed by atoms with Gasteiger partial charge in [-0.1, -0.05) is 52.3 Å². The maximum atomic E-state index is 14.5. The lowest BCUT2D eigenvalue weighted by atomic mass is 9.83. The predicted octanol–water partition coefficient (Wildman–Crippen LogP) is 6.60. The van der Waals surface area contributed by atoms with Gasteiger partial charge in [-0.3, -0.25) is 0 Å². The van der Waals surface area contributed by atoms with E-state index in [9.17, 15) is 4.39 Å². The maximum Gasteiger partial charge on any atom is 0.131 e. The Morgan fingerprint density at radius 2 is 1.75 bits per heavy atom. The van der Waals surface area contributed by atoms with Gasteiger partial charge < -0.3 is 4.74 Å². The van der Waals surface area contributed by atoms with Crippen LogP contribution in [0.15, 0.2) is 36.4 Å². The smallest absolute Gasteiger partial charge is 0.131 e. The summed E-state index contributed by atoms with van der Waals surface area (Å²) in [6.45, 7) is 8.87. The molecule has 0 amide bonds. The van der Waals surface area contributed by atoms with E-state index < -0.39 is 0 Å². The van der Waals surface area contributed by atoms with Crippen LogP contribution >= 0.6 is 0 Å². The van der Waals surface area contributed by atoms with Crippen LogP contribution in [-0.4, -0.2) is 7.11 Å². The lowest BCUT2D eigenvalue weighted by Crippen LogP contribution is -2.06. The Balaban J connectivity index is 2.56. The van der Waals surface area contributed by atoms with E-state index in [0.717, 1.165) is 12.0 Å². The molecule has 2 rings (SSSR count). The summed E-state index contributed by atoms with van der Waals surface area (Å²) >= 11 is 0. The zero-order valence-corrected chi connectivity index (χ0v) is 15.5. The Morgan fingerprint density at radius 3 is 2.38 bits per heavy atom. The zero-order valence-electron chi connectivity index (χ0n) is 15.5. The first-order chi connectivity index (χ1) is 11.5. The molecule has 0 spiro atoms. The van der Waals surface area contributed by atoms with Crippen LogP contribution in [0.1, 0.15) is 57.6 Å². The lowest BCUT2D eigenvalue weighted by molar-refractivity contribution is 0.414. The highest BCUT2D eigenvalue weighted by atomic mass is 19.1. The van der Waals surface area contributed by atoms with E-state index in [2.05, 4.69) is 45.9 Å². The van der Waals surface area contributed by atoms with Gasteiger partial charge in [0.05, 0.1) is 7.11 Å². The molecule has 0 saturated heterocycles. The van der Waals surface area contributed by atoms with Crippen LogP contribution < -0.4 is 4.74 Å². The largest absolute Gasteiger partial charge is 0.497 e. The highest BCUT2D eigenvalue weighted by molar-refractivity contribution is 5.70. The molecule has 0 aliphatic heterocycles. The SMILES string of the molecule is CCCCc1ccc(-c2cc(OC)ccc2F)c(C(C)C(C)C)c1. The summed E-state index contributed by atoms with van der Waals surface area (Å²) in [5.41, 5.74) is 4.17. The molecule has 1 nitrogen and oxygen atoms in total. The van der Waals surface area contributed by atoms with Crippen molar-refractivity contribution in [2.75, 3.05) is 7.11 Å². The number of hydrogen-bond donors (Lipinski definition) is 0. The first kappa shape index (κ1) is 18.5. The number of halogens is 1. The van der Waals surface area contributed by atoms with Crippen molar-refractivity contribution in [1.82, 2.24) is 0 Å². The second-order valence-corrected chi connectivity index (χ2v) is 6.90. The standard InChI is InChI=1S/C22H29FO/c1-6-7-8-17-9-11-19(20(13-17)16(4)15(2)3)21-14-18(24-5)10-12-22(21)23/h9-16H,6-8H2,1-5H3. The predicted molar refractivity (Wildman–Crippen MR) is 100 cm³/mol. The monoisotopic (exact) mass is 328 g/mol. The van der Waals surface area contributed by atoms with Crippen molar-refractivity contribution < 1.29 is 9.13 Å². The van der Waals surface area contributed by atoms with Gasteiger partial charge in [-0.2, -0.15) is 0 Å². The van der Waals surface area contributed by atoms with Crippen LogP contribution in [0.4, 0.5) is 4.39 Å². The fraction of sp³-hybridized carbons (Fsp3) is 0.455. The number of rotatable bonds is 7. The minimum atomic E-state index is -0.200. The molecule has 0 aliphatic rings. The molecule has 2 heteroatoms. The van der Waals surface area contributed by atoms with Gasteiger partial charge in [0.2, 0.25) is 0 Å². The van der Waals surface area contributed by atoms with Gasteiger partial charge in [-0.05, 0) is 59.6 Å². The van der Waals surface area contributed by atoms with E-state index in [1.807, 2.05) is 0 Å². The van der Waals surface area contributed by atoms with Crippen molar-refractivity contribution in [3.63, 3.8) is 0 Å². The number of hydrogen-bond acceptors (Lipinski definition) is 1. The maximum absolute atomic E-state index is 14.5. The van der Waals surface area contributed by atoms with E-state index >= 15 is 0 Å². The Labute approximate surface area is 145 Å². The van der Waals surface area contributed by atoms with Crippen molar-refractivity contribution in [1.29, 1.82) is 0 Å². The molecule has 1 atom stereocenters. The topological polar surface area (TPSA) is 9.23 Å². The summed E-state index contributed by atoms with van der Waals surface area (Å²) in [6, 6.07) is 11.4.